The van der Waals surface area contributed by atoms with Crippen LogP contribution in [0.15, 0.2) is 12.2 Å². The summed E-state index contributed by atoms with van der Waals surface area (Å²) in [5.41, 5.74) is 2.48. The molecule has 0 aliphatic heterocycles. The molecule has 0 aromatic carbocycles. The Morgan fingerprint density at radius 2 is 2.57 bits per heavy atom. The lowest BCUT2D eigenvalue weighted by Gasteiger charge is -2.24. The fourth-order valence-corrected chi connectivity index (χ4v) is 2.42. The van der Waals surface area contributed by atoms with Crippen LogP contribution in [0.3, 0.4) is 0 Å². The van der Waals surface area contributed by atoms with Crippen LogP contribution in [0, 0.1) is 17.3 Å². The van der Waals surface area contributed by atoms with E-state index in [0.29, 0.717) is 0 Å². The molecular formula is C7H8. The Morgan fingerprint density at radius 1 is 1.71 bits per heavy atom. The zero-order valence-corrected chi connectivity index (χ0v) is 4.28. The van der Waals surface area contributed by atoms with Crippen molar-refractivity contribution in [1.29, 1.82) is 0 Å². The zero-order chi connectivity index (χ0) is 4.65. The Morgan fingerprint density at radius 3 is 2.57 bits per heavy atom. The maximum absolute atomic E-state index is 3.96. The highest BCUT2D eigenvalue weighted by Gasteiger charge is 2.84. The minimum absolute atomic E-state index is 0.928. The summed E-state index contributed by atoms with van der Waals surface area (Å²) in [6.07, 6.45) is 2.94. The van der Waals surface area contributed by atoms with Crippen molar-refractivity contribution in [3.05, 3.63) is 12.2 Å². The first kappa shape index (κ1) is 2.91. The van der Waals surface area contributed by atoms with Crippen molar-refractivity contribution in [2.45, 2.75) is 12.8 Å². The summed E-state index contributed by atoms with van der Waals surface area (Å²) in [6.45, 7) is 3.96. The average Bonchev–Trinajstić information content (AvgIpc) is 2.22. The van der Waals surface area contributed by atoms with Crippen LogP contribution in [0.1, 0.15) is 12.8 Å². The Hall–Kier alpha value is -0.260. The second kappa shape index (κ2) is 0.460. The van der Waals surface area contributed by atoms with Crippen LogP contribution >= 0.6 is 0 Å². The van der Waals surface area contributed by atoms with Crippen molar-refractivity contribution in [3.63, 3.8) is 0 Å². The number of allylic oxidation sites excluding steroid dienone is 1. The summed E-state index contributed by atoms with van der Waals surface area (Å²) in [6, 6.07) is 0. The van der Waals surface area contributed by atoms with E-state index < -0.39 is 0 Å². The second-order valence-electron chi connectivity index (χ2n) is 3.36. The van der Waals surface area contributed by atoms with Gasteiger partial charge in [0.25, 0.3) is 0 Å². The molecule has 7 heavy (non-hydrogen) atoms. The van der Waals surface area contributed by atoms with Gasteiger partial charge >= 0.3 is 0 Å². The Balaban J connectivity index is 2.14. The van der Waals surface area contributed by atoms with Crippen LogP contribution in [-0.4, -0.2) is 0 Å². The van der Waals surface area contributed by atoms with Crippen LogP contribution in [0.2, 0.25) is 0 Å². The first-order valence-corrected chi connectivity index (χ1v) is 3.02. The van der Waals surface area contributed by atoms with Gasteiger partial charge in [-0.15, -0.1) is 0 Å². The Labute approximate surface area is 43.2 Å². The molecule has 0 saturated heterocycles. The fourth-order valence-electron chi connectivity index (χ4n) is 2.42. The molecule has 3 unspecified atom stereocenters. The minimum Gasteiger partial charge on any atom is -0.0995 e. The maximum Gasteiger partial charge on any atom is -0.0109 e. The molecule has 3 rings (SSSR count). The third-order valence-electron chi connectivity index (χ3n) is 3.09. The first-order chi connectivity index (χ1) is 3.34. The predicted octanol–water partition coefficient (Wildman–Crippen LogP) is 1.58. The van der Waals surface area contributed by atoms with Gasteiger partial charge in [0.2, 0.25) is 0 Å². The van der Waals surface area contributed by atoms with E-state index in [4.69, 9.17) is 0 Å². The van der Waals surface area contributed by atoms with Crippen molar-refractivity contribution < 1.29 is 0 Å². The van der Waals surface area contributed by atoms with Gasteiger partial charge in [-0.25, -0.2) is 0 Å². The van der Waals surface area contributed by atoms with Crippen LogP contribution in [-0.2, 0) is 0 Å². The minimum atomic E-state index is 0.928. The van der Waals surface area contributed by atoms with Crippen molar-refractivity contribution in [1.82, 2.24) is 0 Å². The number of fused-ring (bicyclic) bond motifs is 1. The fraction of sp³-hybridized carbons (Fsp3) is 0.714. The van der Waals surface area contributed by atoms with Crippen LogP contribution < -0.4 is 0 Å². The van der Waals surface area contributed by atoms with Crippen molar-refractivity contribution >= 4 is 0 Å². The molecule has 0 radical (unpaired) electrons. The normalized spacial score (nSPS) is 70.6. The molecule has 3 aliphatic rings. The molecule has 1 spiro atoms. The van der Waals surface area contributed by atoms with Gasteiger partial charge in [0.1, 0.15) is 0 Å². The maximum atomic E-state index is 3.96. The molecule has 3 saturated carbocycles. The molecule has 0 amide bonds. The Bertz CT molecular complexity index is 169. The molecule has 36 valence electrons. The van der Waals surface area contributed by atoms with Gasteiger partial charge in [-0.2, -0.15) is 0 Å². The van der Waals surface area contributed by atoms with E-state index in [1.165, 1.54) is 6.42 Å². The standard InChI is InChI=1S/C7H8/c1-4-2-7-3-5(7)6(4)7/h5-6H,1-3H2. The third kappa shape index (κ3) is 0.121. The average molecular weight is 92.1 g/mol. The van der Waals surface area contributed by atoms with Gasteiger partial charge in [-0.1, -0.05) is 12.2 Å². The zero-order valence-electron chi connectivity index (χ0n) is 4.28. The highest BCUT2D eigenvalue weighted by Crippen LogP contribution is 2.91. The molecule has 0 nitrogen and oxygen atoms in total. The van der Waals surface area contributed by atoms with Crippen molar-refractivity contribution in [3.8, 4) is 0 Å². The summed E-state index contributed by atoms with van der Waals surface area (Å²) >= 11 is 0. The molecule has 0 aromatic rings. The molecule has 3 aliphatic carbocycles. The van der Waals surface area contributed by atoms with Gasteiger partial charge in [0, 0.05) is 0 Å². The highest BCUT2D eigenvalue weighted by atomic mass is 14.9. The summed E-state index contributed by atoms with van der Waals surface area (Å²) in [5.74, 6) is 2.20. The van der Waals surface area contributed by atoms with Gasteiger partial charge < -0.3 is 0 Å². The molecule has 0 bridgehead atoms. The molecular weight excluding hydrogens is 84.1 g/mol. The molecule has 0 N–H and O–H groups in total. The Kier molecular flexibility index (Phi) is 0.191. The van der Waals surface area contributed by atoms with E-state index in [2.05, 4.69) is 6.58 Å². The van der Waals surface area contributed by atoms with E-state index in [9.17, 15) is 0 Å². The largest absolute Gasteiger partial charge is 0.0995 e. The van der Waals surface area contributed by atoms with Crippen LogP contribution in [0.25, 0.3) is 0 Å². The van der Waals surface area contributed by atoms with E-state index in [-0.39, 0.29) is 0 Å². The smallest absolute Gasteiger partial charge is 0.0109 e. The van der Waals surface area contributed by atoms with Gasteiger partial charge in [0.15, 0.2) is 0 Å². The summed E-state index contributed by atoms with van der Waals surface area (Å²) in [7, 11) is 0. The molecule has 0 aromatic heterocycles. The molecule has 0 heteroatoms. The first-order valence-electron chi connectivity index (χ1n) is 3.02. The second-order valence-corrected chi connectivity index (χ2v) is 3.36. The topological polar surface area (TPSA) is 0 Å². The summed E-state index contributed by atoms with van der Waals surface area (Å²) < 4.78 is 0. The molecule has 3 atom stereocenters. The van der Waals surface area contributed by atoms with E-state index in [1.54, 1.807) is 12.0 Å². The van der Waals surface area contributed by atoms with E-state index in [1.807, 2.05) is 0 Å². The van der Waals surface area contributed by atoms with Crippen molar-refractivity contribution in [2.24, 2.45) is 17.3 Å². The lowest BCUT2D eigenvalue weighted by Crippen LogP contribution is -2.13. The predicted molar refractivity (Wildman–Crippen MR) is 27.8 cm³/mol. The highest BCUT2D eigenvalue weighted by molar-refractivity contribution is 5.46. The molecule has 3 fully saturated rings. The van der Waals surface area contributed by atoms with Gasteiger partial charge in [0.05, 0.1) is 0 Å². The summed E-state index contributed by atoms with van der Waals surface area (Å²) in [4.78, 5) is 0. The van der Waals surface area contributed by atoms with Crippen molar-refractivity contribution in [2.75, 3.05) is 0 Å². The monoisotopic (exact) mass is 92.1 g/mol. The third-order valence-corrected chi connectivity index (χ3v) is 3.09. The van der Waals surface area contributed by atoms with Crippen LogP contribution in [0.5, 0.6) is 0 Å². The van der Waals surface area contributed by atoms with E-state index >= 15 is 0 Å². The quantitative estimate of drug-likeness (QED) is 0.398. The molecule has 0 heterocycles. The van der Waals surface area contributed by atoms with E-state index in [0.717, 1.165) is 17.3 Å². The van der Waals surface area contributed by atoms with Gasteiger partial charge in [-0.3, -0.25) is 0 Å². The van der Waals surface area contributed by atoms with Gasteiger partial charge in [-0.05, 0) is 30.1 Å². The number of hydrogen-bond acceptors (Lipinski definition) is 0. The number of hydrogen-bond donors (Lipinski definition) is 0. The lowest BCUT2D eigenvalue weighted by molar-refractivity contribution is 0.425. The number of rotatable bonds is 0. The SMILES string of the molecule is C=C1CC23CC2C13. The lowest BCUT2D eigenvalue weighted by atomic mass is 9.81. The van der Waals surface area contributed by atoms with Crippen LogP contribution in [0.4, 0.5) is 0 Å². The summed E-state index contributed by atoms with van der Waals surface area (Å²) in [5, 5.41) is 0.